The zero-order chi connectivity index (χ0) is 7.82. The quantitative estimate of drug-likeness (QED) is 0.461. The Morgan fingerprint density at radius 3 is 2.70 bits per heavy atom. The lowest BCUT2D eigenvalue weighted by Gasteiger charge is -2.06. The van der Waals surface area contributed by atoms with Gasteiger partial charge in [-0.2, -0.15) is 0 Å². The largest absolute Gasteiger partial charge is 0.306 e. The molecular formula is C9H17N. The Kier molecular flexibility index (Phi) is 6.32. The molecule has 0 aromatic rings. The highest BCUT2D eigenvalue weighted by atomic mass is 14.8. The molecule has 1 N–H and O–H groups in total. The highest BCUT2D eigenvalue weighted by Crippen LogP contribution is 1.96. The summed E-state index contributed by atoms with van der Waals surface area (Å²) < 4.78 is 0. The summed E-state index contributed by atoms with van der Waals surface area (Å²) in [6.07, 6.45) is 1.24. The van der Waals surface area contributed by atoms with Gasteiger partial charge in [-0.1, -0.05) is 26.2 Å². The second-order valence-electron chi connectivity index (χ2n) is 2.57. The van der Waals surface area contributed by atoms with Crippen LogP contribution < -0.4 is 5.32 Å². The standard InChI is InChI=1S/C9H17N/c1-4-6-7-10-8-9(3)5-2/h9-10H,5,7-8H2,1-3H3. The highest BCUT2D eigenvalue weighted by Gasteiger charge is 1.94. The van der Waals surface area contributed by atoms with Gasteiger partial charge in [-0.25, -0.2) is 0 Å². The van der Waals surface area contributed by atoms with Crippen molar-refractivity contribution < 1.29 is 0 Å². The predicted molar refractivity (Wildman–Crippen MR) is 45.8 cm³/mol. The number of hydrogen-bond donors (Lipinski definition) is 1. The lowest BCUT2D eigenvalue weighted by atomic mass is 10.1. The van der Waals surface area contributed by atoms with E-state index in [2.05, 4.69) is 31.0 Å². The molecule has 1 heteroatoms. The van der Waals surface area contributed by atoms with Crippen molar-refractivity contribution in [2.45, 2.75) is 27.2 Å². The molecule has 0 aromatic carbocycles. The van der Waals surface area contributed by atoms with Crippen LogP contribution in [0.1, 0.15) is 27.2 Å². The molecule has 0 aliphatic carbocycles. The molecule has 1 atom stereocenters. The third-order valence-electron chi connectivity index (χ3n) is 1.58. The van der Waals surface area contributed by atoms with Gasteiger partial charge in [0.1, 0.15) is 0 Å². The maximum absolute atomic E-state index is 3.26. The predicted octanol–water partition coefficient (Wildman–Crippen LogP) is 1.65. The van der Waals surface area contributed by atoms with E-state index in [-0.39, 0.29) is 0 Å². The SMILES string of the molecule is CC#CCNCC(C)CC. The Labute approximate surface area is 64.2 Å². The van der Waals surface area contributed by atoms with E-state index in [0.717, 1.165) is 19.0 Å². The second-order valence-corrected chi connectivity index (χ2v) is 2.57. The summed E-state index contributed by atoms with van der Waals surface area (Å²) in [6.45, 7) is 8.24. The Balaban J connectivity index is 3.08. The van der Waals surface area contributed by atoms with Gasteiger partial charge >= 0.3 is 0 Å². The molecule has 0 fully saturated rings. The molecule has 1 nitrogen and oxygen atoms in total. The van der Waals surface area contributed by atoms with Gasteiger partial charge in [0.25, 0.3) is 0 Å². The molecule has 1 unspecified atom stereocenters. The normalized spacial score (nSPS) is 11.9. The average molecular weight is 139 g/mol. The number of nitrogens with one attached hydrogen (secondary N) is 1. The smallest absolute Gasteiger partial charge is 0.0576 e. The van der Waals surface area contributed by atoms with Crippen LogP contribution in [0.4, 0.5) is 0 Å². The van der Waals surface area contributed by atoms with Gasteiger partial charge in [-0.3, -0.25) is 0 Å². The fourth-order valence-corrected chi connectivity index (χ4v) is 0.614. The van der Waals surface area contributed by atoms with Gasteiger partial charge in [-0.05, 0) is 19.4 Å². The molecule has 0 saturated heterocycles. The van der Waals surface area contributed by atoms with Gasteiger partial charge in [0.05, 0.1) is 6.54 Å². The molecule has 0 heterocycles. The van der Waals surface area contributed by atoms with Crippen molar-refractivity contribution in [3.8, 4) is 11.8 Å². The topological polar surface area (TPSA) is 12.0 Å². The van der Waals surface area contributed by atoms with Crippen LogP contribution in [-0.4, -0.2) is 13.1 Å². The van der Waals surface area contributed by atoms with Crippen molar-refractivity contribution in [3.05, 3.63) is 0 Å². The first kappa shape index (κ1) is 9.52. The van der Waals surface area contributed by atoms with Crippen LogP contribution in [-0.2, 0) is 0 Å². The van der Waals surface area contributed by atoms with Crippen molar-refractivity contribution >= 4 is 0 Å². The van der Waals surface area contributed by atoms with Crippen LogP contribution in [0.25, 0.3) is 0 Å². The highest BCUT2D eigenvalue weighted by molar-refractivity contribution is 4.96. The van der Waals surface area contributed by atoms with Crippen LogP contribution in [0, 0.1) is 17.8 Å². The molecule has 0 bridgehead atoms. The molecule has 0 spiro atoms. The van der Waals surface area contributed by atoms with Crippen LogP contribution in [0.2, 0.25) is 0 Å². The Bertz CT molecular complexity index is 118. The summed E-state index contributed by atoms with van der Waals surface area (Å²) >= 11 is 0. The van der Waals surface area contributed by atoms with E-state index in [9.17, 15) is 0 Å². The molecule has 0 aliphatic heterocycles. The summed E-state index contributed by atoms with van der Waals surface area (Å²) in [4.78, 5) is 0. The van der Waals surface area contributed by atoms with Crippen LogP contribution >= 0.6 is 0 Å². The zero-order valence-electron chi connectivity index (χ0n) is 7.20. The van der Waals surface area contributed by atoms with Gasteiger partial charge in [0.2, 0.25) is 0 Å². The monoisotopic (exact) mass is 139 g/mol. The van der Waals surface area contributed by atoms with Crippen molar-refractivity contribution in [1.29, 1.82) is 0 Å². The molecule has 58 valence electrons. The fraction of sp³-hybridized carbons (Fsp3) is 0.778. The minimum absolute atomic E-state index is 0.777. The minimum Gasteiger partial charge on any atom is -0.306 e. The van der Waals surface area contributed by atoms with Gasteiger partial charge in [0, 0.05) is 0 Å². The van der Waals surface area contributed by atoms with E-state index in [1.165, 1.54) is 6.42 Å². The molecule has 0 amide bonds. The first-order valence-corrected chi connectivity index (χ1v) is 3.91. The zero-order valence-corrected chi connectivity index (χ0v) is 7.20. The van der Waals surface area contributed by atoms with Gasteiger partial charge in [0.15, 0.2) is 0 Å². The van der Waals surface area contributed by atoms with Crippen LogP contribution in [0.3, 0.4) is 0 Å². The van der Waals surface area contributed by atoms with Crippen molar-refractivity contribution in [3.63, 3.8) is 0 Å². The Morgan fingerprint density at radius 1 is 1.50 bits per heavy atom. The Hall–Kier alpha value is -0.480. The molecule has 0 aliphatic rings. The van der Waals surface area contributed by atoms with E-state index in [1.54, 1.807) is 0 Å². The second kappa shape index (κ2) is 6.64. The lowest BCUT2D eigenvalue weighted by molar-refractivity contribution is 0.518. The van der Waals surface area contributed by atoms with Crippen LogP contribution in [0.15, 0.2) is 0 Å². The molecular weight excluding hydrogens is 122 g/mol. The average Bonchev–Trinajstić information content (AvgIpc) is 1.98. The first-order chi connectivity index (χ1) is 4.81. The molecule has 0 aromatic heterocycles. The summed E-state index contributed by atoms with van der Waals surface area (Å²) in [5.74, 6) is 6.59. The van der Waals surface area contributed by atoms with E-state index < -0.39 is 0 Å². The van der Waals surface area contributed by atoms with Crippen molar-refractivity contribution in [1.82, 2.24) is 5.32 Å². The van der Waals surface area contributed by atoms with E-state index >= 15 is 0 Å². The summed E-state index contributed by atoms with van der Waals surface area (Å²) in [5.41, 5.74) is 0. The van der Waals surface area contributed by atoms with Crippen molar-refractivity contribution in [2.75, 3.05) is 13.1 Å². The van der Waals surface area contributed by atoms with Crippen molar-refractivity contribution in [2.24, 2.45) is 5.92 Å². The van der Waals surface area contributed by atoms with E-state index in [1.807, 2.05) is 6.92 Å². The van der Waals surface area contributed by atoms with Gasteiger partial charge < -0.3 is 5.32 Å². The van der Waals surface area contributed by atoms with Gasteiger partial charge in [-0.15, -0.1) is 5.92 Å². The maximum Gasteiger partial charge on any atom is 0.0576 e. The molecule has 0 saturated carbocycles. The number of hydrogen-bond acceptors (Lipinski definition) is 1. The maximum atomic E-state index is 3.26. The van der Waals surface area contributed by atoms with Crippen LogP contribution in [0.5, 0.6) is 0 Å². The minimum atomic E-state index is 0.777. The van der Waals surface area contributed by atoms with E-state index in [0.29, 0.717) is 0 Å². The Morgan fingerprint density at radius 2 is 2.20 bits per heavy atom. The summed E-state index contributed by atoms with van der Waals surface area (Å²) in [5, 5.41) is 3.26. The molecule has 0 radical (unpaired) electrons. The molecule has 0 rings (SSSR count). The summed E-state index contributed by atoms with van der Waals surface area (Å²) in [7, 11) is 0. The fourth-order valence-electron chi connectivity index (χ4n) is 0.614. The first-order valence-electron chi connectivity index (χ1n) is 3.91. The summed E-state index contributed by atoms with van der Waals surface area (Å²) in [6, 6.07) is 0. The molecule has 10 heavy (non-hydrogen) atoms. The third kappa shape index (κ3) is 5.65. The third-order valence-corrected chi connectivity index (χ3v) is 1.58. The number of rotatable bonds is 4. The lowest BCUT2D eigenvalue weighted by Crippen LogP contribution is -2.20. The van der Waals surface area contributed by atoms with E-state index in [4.69, 9.17) is 0 Å².